The minimum Gasteiger partial charge on any atom is -0.292 e. The molecule has 6 heteroatoms. The summed E-state index contributed by atoms with van der Waals surface area (Å²) in [6.07, 6.45) is 1.74. The van der Waals surface area contributed by atoms with E-state index >= 15 is 0 Å². The highest BCUT2D eigenvalue weighted by Gasteiger charge is 2.19. The number of hydrogen-bond donors (Lipinski definition) is 0. The topological polar surface area (TPSA) is 30.0 Å². The van der Waals surface area contributed by atoms with Crippen LogP contribution in [0.1, 0.15) is 16.6 Å². The normalized spacial score (nSPS) is 12.6. The van der Waals surface area contributed by atoms with E-state index in [2.05, 4.69) is 4.98 Å². The lowest BCUT2D eigenvalue weighted by atomic mass is 10.2. The lowest BCUT2D eigenvalue weighted by molar-refractivity contribution is 0.0998. The fraction of sp³-hybridized carbons (Fsp3) is 0.200. The molecule has 0 spiro atoms. The van der Waals surface area contributed by atoms with Crippen molar-refractivity contribution in [3.05, 3.63) is 32.9 Å². The van der Waals surface area contributed by atoms with Crippen LogP contribution in [0, 0.1) is 0 Å². The number of nitrogens with zero attached hydrogens (tertiary/aromatic N) is 1. The fourth-order valence-electron chi connectivity index (χ4n) is 1.12. The SMILES string of the molecule is CC(Sc1nccs1)C(=O)c1ccc(Cl)s1. The van der Waals surface area contributed by atoms with Gasteiger partial charge in [0, 0.05) is 11.6 Å². The van der Waals surface area contributed by atoms with Gasteiger partial charge in [-0.05, 0) is 19.1 Å². The average molecular weight is 290 g/mol. The second kappa shape index (κ2) is 5.31. The van der Waals surface area contributed by atoms with E-state index in [-0.39, 0.29) is 11.0 Å². The Labute approximate surface area is 111 Å². The Morgan fingerprint density at radius 2 is 2.38 bits per heavy atom. The van der Waals surface area contributed by atoms with Crippen LogP contribution >= 0.6 is 46.0 Å². The van der Waals surface area contributed by atoms with Gasteiger partial charge < -0.3 is 0 Å². The van der Waals surface area contributed by atoms with Crippen LogP contribution in [0.3, 0.4) is 0 Å². The van der Waals surface area contributed by atoms with Gasteiger partial charge in [-0.15, -0.1) is 22.7 Å². The maximum atomic E-state index is 12.0. The lowest BCUT2D eigenvalue weighted by Gasteiger charge is -2.05. The molecule has 84 valence electrons. The number of hydrogen-bond acceptors (Lipinski definition) is 5. The van der Waals surface area contributed by atoms with E-state index in [1.54, 1.807) is 29.7 Å². The Morgan fingerprint density at radius 3 is 2.94 bits per heavy atom. The van der Waals surface area contributed by atoms with Gasteiger partial charge in [0.1, 0.15) is 4.34 Å². The highest BCUT2D eigenvalue weighted by molar-refractivity contribution is 8.02. The van der Waals surface area contributed by atoms with Crippen LogP contribution in [-0.4, -0.2) is 16.0 Å². The average Bonchev–Trinajstić information content (AvgIpc) is 2.88. The molecule has 0 aromatic carbocycles. The van der Waals surface area contributed by atoms with Crippen LogP contribution in [0.25, 0.3) is 0 Å². The number of rotatable bonds is 4. The third kappa shape index (κ3) is 2.85. The zero-order valence-corrected chi connectivity index (χ0v) is 11.6. The molecule has 1 unspecified atom stereocenters. The van der Waals surface area contributed by atoms with E-state index in [0.29, 0.717) is 9.21 Å². The summed E-state index contributed by atoms with van der Waals surface area (Å²) in [5.41, 5.74) is 0. The summed E-state index contributed by atoms with van der Waals surface area (Å²) in [6.45, 7) is 1.89. The summed E-state index contributed by atoms with van der Waals surface area (Å²) >= 11 is 10.2. The molecule has 0 saturated heterocycles. The lowest BCUT2D eigenvalue weighted by Crippen LogP contribution is -2.11. The van der Waals surface area contributed by atoms with Crippen molar-refractivity contribution in [3.63, 3.8) is 0 Å². The van der Waals surface area contributed by atoms with E-state index in [9.17, 15) is 4.79 Å². The highest BCUT2D eigenvalue weighted by Crippen LogP contribution is 2.30. The van der Waals surface area contributed by atoms with E-state index < -0.39 is 0 Å². The maximum absolute atomic E-state index is 12.0. The Balaban J connectivity index is 2.05. The first-order chi connectivity index (χ1) is 7.66. The Hall–Kier alpha value is -0.360. The van der Waals surface area contributed by atoms with Gasteiger partial charge in [-0.2, -0.15) is 0 Å². The number of ketones is 1. The monoisotopic (exact) mass is 289 g/mol. The molecule has 2 aromatic heterocycles. The number of thiophene rings is 1. The van der Waals surface area contributed by atoms with E-state index in [1.807, 2.05) is 12.3 Å². The summed E-state index contributed by atoms with van der Waals surface area (Å²) in [5.74, 6) is 0.108. The largest absolute Gasteiger partial charge is 0.292 e. The molecule has 2 aromatic rings. The Bertz CT molecular complexity index is 480. The third-order valence-electron chi connectivity index (χ3n) is 1.87. The van der Waals surface area contributed by atoms with Gasteiger partial charge in [-0.1, -0.05) is 23.4 Å². The predicted molar refractivity (Wildman–Crippen MR) is 71.1 cm³/mol. The summed E-state index contributed by atoms with van der Waals surface area (Å²) < 4.78 is 1.57. The predicted octanol–water partition coefficient (Wildman–Crippen LogP) is 4.22. The van der Waals surface area contributed by atoms with Gasteiger partial charge in [-0.25, -0.2) is 4.98 Å². The molecule has 0 radical (unpaired) electrons. The standard InChI is InChI=1S/C10H8ClNOS3/c1-6(15-10-12-4-5-14-10)9(13)7-2-3-8(11)16-7/h2-6H,1H3. The number of Topliss-reactive ketones (excluding diaryl/α,β-unsaturated/α-hetero) is 1. The van der Waals surface area contributed by atoms with Crippen LogP contribution < -0.4 is 0 Å². The zero-order valence-electron chi connectivity index (χ0n) is 8.34. The first kappa shape index (κ1) is 12.1. The highest BCUT2D eigenvalue weighted by atomic mass is 35.5. The molecule has 0 amide bonds. The van der Waals surface area contributed by atoms with Gasteiger partial charge in [-0.3, -0.25) is 4.79 Å². The molecular weight excluding hydrogens is 282 g/mol. The number of halogens is 1. The molecule has 0 aliphatic heterocycles. The van der Waals surface area contributed by atoms with Crippen molar-refractivity contribution in [2.45, 2.75) is 16.5 Å². The number of thioether (sulfide) groups is 1. The van der Waals surface area contributed by atoms with Gasteiger partial charge in [0.05, 0.1) is 14.5 Å². The molecule has 0 aliphatic rings. The second-order valence-electron chi connectivity index (χ2n) is 3.03. The van der Waals surface area contributed by atoms with E-state index in [1.165, 1.54) is 23.1 Å². The smallest absolute Gasteiger partial charge is 0.185 e. The minimum absolute atomic E-state index is 0.108. The molecule has 2 nitrogen and oxygen atoms in total. The van der Waals surface area contributed by atoms with Crippen molar-refractivity contribution in [2.75, 3.05) is 0 Å². The number of aromatic nitrogens is 1. The minimum atomic E-state index is -0.124. The van der Waals surface area contributed by atoms with Crippen molar-refractivity contribution in [1.82, 2.24) is 4.98 Å². The summed E-state index contributed by atoms with van der Waals surface area (Å²) in [4.78, 5) is 16.8. The first-order valence-corrected chi connectivity index (χ1v) is 7.48. The number of thiazole rings is 1. The van der Waals surface area contributed by atoms with Crippen molar-refractivity contribution in [3.8, 4) is 0 Å². The van der Waals surface area contributed by atoms with Crippen LogP contribution in [0.5, 0.6) is 0 Å². The van der Waals surface area contributed by atoms with Crippen molar-refractivity contribution < 1.29 is 4.79 Å². The second-order valence-corrected chi connectivity index (χ2v) is 7.22. The number of carbonyl (C=O) groups excluding carboxylic acids is 1. The summed E-state index contributed by atoms with van der Waals surface area (Å²) in [5, 5.41) is 1.78. The molecule has 0 aliphatic carbocycles. The van der Waals surface area contributed by atoms with Crippen LogP contribution in [0.2, 0.25) is 4.34 Å². The number of carbonyl (C=O) groups is 1. The van der Waals surface area contributed by atoms with Crippen molar-refractivity contribution in [2.24, 2.45) is 0 Å². The van der Waals surface area contributed by atoms with Gasteiger partial charge in [0.15, 0.2) is 5.78 Å². The van der Waals surface area contributed by atoms with E-state index in [0.717, 1.165) is 4.34 Å². The van der Waals surface area contributed by atoms with Crippen molar-refractivity contribution >= 4 is 51.8 Å². The molecule has 16 heavy (non-hydrogen) atoms. The Morgan fingerprint density at radius 1 is 1.56 bits per heavy atom. The fourth-order valence-corrected chi connectivity index (χ4v) is 4.11. The molecule has 0 bridgehead atoms. The molecular formula is C10H8ClNOS3. The molecule has 0 fully saturated rings. The third-order valence-corrected chi connectivity index (χ3v) is 5.14. The van der Waals surface area contributed by atoms with Crippen molar-refractivity contribution in [1.29, 1.82) is 0 Å². The zero-order chi connectivity index (χ0) is 11.5. The molecule has 2 rings (SSSR count). The van der Waals surface area contributed by atoms with Gasteiger partial charge in [0.2, 0.25) is 0 Å². The quantitative estimate of drug-likeness (QED) is 0.623. The Kier molecular flexibility index (Phi) is 4.02. The summed E-state index contributed by atoms with van der Waals surface area (Å²) in [7, 11) is 0. The van der Waals surface area contributed by atoms with Crippen LogP contribution in [-0.2, 0) is 0 Å². The molecule has 1 atom stereocenters. The van der Waals surface area contributed by atoms with Gasteiger partial charge >= 0.3 is 0 Å². The van der Waals surface area contributed by atoms with Crippen LogP contribution in [0.4, 0.5) is 0 Å². The van der Waals surface area contributed by atoms with E-state index in [4.69, 9.17) is 11.6 Å². The van der Waals surface area contributed by atoms with Crippen LogP contribution in [0.15, 0.2) is 28.0 Å². The molecule has 0 saturated carbocycles. The summed E-state index contributed by atoms with van der Waals surface area (Å²) in [6, 6.07) is 3.52. The molecule has 2 heterocycles. The first-order valence-electron chi connectivity index (χ1n) is 4.52. The van der Waals surface area contributed by atoms with Gasteiger partial charge in [0.25, 0.3) is 0 Å². The maximum Gasteiger partial charge on any atom is 0.185 e. The molecule has 0 N–H and O–H groups in total.